The van der Waals surface area contributed by atoms with Crippen LogP contribution in [0.3, 0.4) is 0 Å². The van der Waals surface area contributed by atoms with Crippen LogP contribution < -0.4 is 10.1 Å². The van der Waals surface area contributed by atoms with E-state index in [2.05, 4.69) is 38.2 Å². The standard InChI is InChI=1S/C20H25NO2/c1-5-20(3,4)16-8-12-18(13-9-16)23-14-19(22)21-17-10-6-15(2)7-11-17/h6-13H,5,14H2,1-4H3,(H,21,22). The number of carbonyl (C=O) groups is 1. The van der Waals surface area contributed by atoms with Crippen molar-refractivity contribution in [2.75, 3.05) is 11.9 Å². The summed E-state index contributed by atoms with van der Waals surface area (Å²) in [5, 5.41) is 2.82. The molecule has 2 rings (SSSR count). The summed E-state index contributed by atoms with van der Waals surface area (Å²) in [5.74, 6) is 0.548. The van der Waals surface area contributed by atoms with Gasteiger partial charge in [0, 0.05) is 5.69 Å². The van der Waals surface area contributed by atoms with Gasteiger partial charge in [-0.1, -0.05) is 50.6 Å². The normalized spacial score (nSPS) is 11.1. The lowest BCUT2D eigenvalue weighted by Crippen LogP contribution is -2.20. The van der Waals surface area contributed by atoms with Crippen molar-refractivity contribution in [1.29, 1.82) is 0 Å². The highest BCUT2D eigenvalue weighted by Crippen LogP contribution is 2.28. The van der Waals surface area contributed by atoms with E-state index in [4.69, 9.17) is 4.74 Å². The molecular formula is C20H25NO2. The van der Waals surface area contributed by atoms with Gasteiger partial charge in [-0.2, -0.15) is 0 Å². The van der Waals surface area contributed by atoms with Gasteiger partial charge in [0.05, 0.1) is 0 Å². The minimum absolute atomic E-state index is 0.00436. The third-order valence-corrected chi connectivity index (χ3v) is 4.22. The zero-order valence-corrected chi connectivity index (χ0v) is 14.3. The third-order valence-electron chi connectivity index (χ3n) is 4.22. The smallest absolute Gasteiger partial charge is 0.262 e. The van der Waals surface area contributed by atoms with E-state index in [1.165, 1.54) is 5.56 Å². The van der Waals surface area contributed by atoms with Crippen LogP contribution in [0.1, 0.15) is 38.3 Å². The molecule has 0 radical (unpaired) electrons. The Balaban J connectivity index is 1.88. The third kappa shape index (κ3) is 4.85. The Hall–Kier alpha value is -2.29. The lowest BCUT2D eigenvalue weighted by Gasteiger charge is -2.23. The van der Waals surface area contributed by atoms with Crippen molar-refractivity contribution in [3.63, 3.8) is 0 Å². The number of benzene rings is 2. The van der Waals surface area contributed by atoms with Crippen LogP contribution in [0.2, 0.25) is 0 Å². The van der Waals surface area contributed by atoms with Gasteiger partial charge < -0.3 is 10.1 Å². The van der Waals surface area contributed by atoms with E-state index in [9.17, 15) is 4.79 Å². The Kier molecular flexibility index (Phi) is 5.43. The molecule has 2 aromatic carbocycles. The first-order valence-electron chi connectivity index (χ1n) is 8.00. The summed E-state index contributed by atoms with van der Waals surface area (Å²) in [6.45, 7) is 8.64. The predicted octanol–water partition coefficient (Wildman–Crippen LogP) is 4.70. The van der Waals surface area contributed by atoms with E-state index in [1.54, 1.807) is 0 Å². The molecule has 0 unspecified atom stereocenters. The number of ether oxygens (including phenoxy) is 1. The molecule has 0 aromatic heterocycles. The molecule has 0 aliphatic rings. The van der Waals surface area contributed by atoms with Crippen molar-refractivity contribution in [2.24, 2.45) is 0 Å². The molecule has 0 aliphatic heterocycles. The number of amides is 1. The first-order valence-corrected chi connectivity index (χ1v) is 8.00. The molecule has 1 amide bonds. The van der Waals surface area contributed by atoms with Gasteiger partial charge in [-0.3, -0.25) is 4.79 Å². The summed E-state index contributed by atoms with van der Waals surface area (Å²) >= 11 is 0. The van der Waals surface area contributed by atoms with Crippen LogP contribution in [0.25, 0.3) is 0 Å². The van der Waals surface area contributed by atoms with E-state index < -0.39 is 0 Å². The summed E-state index contributed by atoms with van der Waals surface area (Å²) in [6, 6.07) is 15.7. The Morgan fingerprint density at radius 2 is 1.65 bits per heavy atom. The summed E-state index contributed by atoms with van der Waals surface area (Å²) in [4.78, 5) is 11.9. The molecule has 0 saturated heterocycles. The topological polar surface area (TPSA) is 38.3 Å². The van der Waals surface area contributed by atoms with E-state index >= 15 is 0 Å². The first kappa shape index (κ1) is 17.1. The zero-order valence-electron chi connectivity index (χ0n) is 14.3. The molecule has 0 bridgehead atoms. The van der Waals surface area contributed by atoms with Crippen molar-refractivity contribution < 1.29 is 9.53 Å². The predicted molar refractivity (Wildman–Crippen MR) is 95.1 cm³/mol. The molecule has 0 aliphatic carbocycles. The molecule has 122 valence electrons. The Labute approximate surface area is 138 Å². The maximum absolute atomic E-state index is 11.9. The zero-order chi connectivity index (χ0) is 16.9. The van der Waals surface area contributed by atoms with Gasteiger partial charge in [-0.25, -0.2) is 0 Å². The molecule has 0 spiro atoms. The van der Waals surface area contributed by atoms with Gasteiger partial charge in [-0.15, -0.1) is 0 Å². The number of hydrogen-bond donors (Lipinski definition) is 1. The fourth-order valence-electron chi connectivity index (χ4n) is 2.19. The number of anilines is 1. The van der Waals surface area contributed by atoms with Gasteiger partial charge in [-0.05, 0) is 48.6 Å². The van der Waals surface area contributed by atoms with Gasteiger partial charge in [0.15, 0.2) is 6.61 Å². The highest BCUT2D eigenvalue weighted by molar-refractivity contribution is 5.91. The molecule has 2 aromatic rings. The van der Waals surface area contributed by atoms with Gasteiger partial charge in [0.1, 0.15) is 5.75 Å². The molecule has 0 fully saturated rings. The monoisotopic (exact) mass is 311 g/mol. The molecule has 0 saturated carbocycles. The van der Waals surface area contributed by atoms with Gasteiger partial charge in [0.2, 0.25) is 0 Å². The minimum Gasteiger partial charge on any atom is -0.484 e. The van der Waals surface area contributed by atoms with Crippen LogP contribution in [0, 0.1) is 6.92 Å². The average molecular weight is 311 g/mol. The van der Waals surface area contributed by atoms with Crippen molar-refractivity contribution in [1.82, 2.24) is 0 Å². The molecule has 3 nitrogen and oxygen atoms in total. The Morgan fingerprint density at radius 3 is 2.22 bits per heavy atom. The van der Waals surface area contributed by atoms with Crippen LogP contribution in [0.4, 0.5) is 5.69 Å². The number of hydrogen-bond acceptors (Lipinski definition) is 2. The fraction of sp³-hybridized carbons (Fsp3) is 0.350. The van der Waals surface area contributed by atoms with Crippen molar-refractivity contribution in [2.45, 2.75) is 39.5 Å². The SMILES string of the molecule is CCC(C)(C)c1ccc(OCC(=O)Nc2ccc(C)cc2)cc1. The van der Waals surface area contributed by atoms with Crippen molar-refractivity contribution in [3.8, 4) is 5.75 Å². The van der Waals surface area contributed by atoms with Crippen LogP contribution in [-0.4, -0.2) is 12.5 Å². The maximum Gasteiger partial charge on any atom is 0.262 e. The van der Waals surface area contributed by atoms with E-state index in [0.717, 1.165) is 17.7 Å². The van der Waals surface area contributed by atoms with E-state index in [-0.39, 0.29) is 17.9 Å². The van der Waals surface area contributed by atoms with Gasteiger partial charge in [0.25, 0.3) is 5.91 Å². The number of nitrogens with one attached hydrogen (secondary N) is 1. The average Bonchev–Trinajstić information content (AvgIpc) is 2.55. The molecule has 3 heteroatoms. The largest absolute Gasteiger partial charge is 0.484 e. The second kappa shape index (κ2) is 7.32. The molecule has 0 heterocycles. The Morgan fingerprint density at radius 1 is 1.04 bits per heavy atom. The van der Waals surface area contributed by atoms with Crippen LogP contribution in [-0.2, 0) is 10.2 Å². The number of carbonyl (C=O) groups excluding carboxylic acids is 1. The first-order chi connectivity index (χ1) is 10.9. The molecule has 1 N–H and O–H groups in total. The lowest BCUT2D eigenvalue weighted by atomic mass is 9.82. The second-order valence-electron chi connectivity index (χ2n) is 6.46. The van der Waals surface area contributed by atoms with E-state index in [1.807, 2.05) is 43.3 Å². The highest BCUT2D eigenvalue weighted by atomic mass is 16.5. The van der Waals surface area contributed by atoms with Crippen molar-refractivity contribution >= 4 is 11.6 Å². The second-order valence-corrected chi connectivity index (χ2v) is 6.46. The molecule has 0 atom stereocenters. The summed E-state index contributed by atoms with van der Waals surface area (Å²) in [6.07, 6.45) is 1.08. The maximum atomic E-state index is 11.9. The Bertz CT molecular complexity index is 642. The fourth-order valence-corrected chi connectivity index (χ4v) is 2.19. The van der Waals surface area contributed by atoms with Crippen molar-refractivity contribution in [3.05, 3.63) is 59.7 Å². The van der Waals surface area contributed by atoms with Crippen LogP contribution in [0.15, 0.2) is 48.5 Å². The minimum atomic E-state index is -0.160. The molecule has 23 heavy (non-hydrogen) atoms. The van der Waals surface area contributed by atoms with E-state index in [0.29, 0.717) is 5.75 Å². The quantitative estimate of drug-likeness (QED) is 0.839. The summed E-state index contributed by atoms with van der Waals surface area (Å²) in [5.41, 5.74) is 3.37. The number of rotatable bonds is 6. The number of aryl methyl sites for hydroxylation is 1. The molecular weight excluding hydrogens is 286 g/mol. The van der Waals surface area contributed by atoms with Crippen LogP contribution in [0.5, 0.6) is 5.75 Å². The lowest BCUT2D eigenvalue weighted by molar-refractivity contribution is -0.118. The summed E-state index contributed by atoms with van der Waals surface area (Å²) < 4.78 is 5.55. The van der Waals surface area contributed by atoms with Gasteiger partial charge >= 0.3 is 0 Å². The highest BCUT2D eigenvalue weighted by Gasteiger charge is 2.17. The summed E-state index contributed by atoms with van der Waals surface area (Å²) in [7, 11) is 0. The van der Waals surface area contributed by atoms with Crippen LogP contribution >= 0.6 is 0 Å².